The highest BCUT2D eigenvalue weighted by molar-refractivity contribution is 6.31. The Balaban J connectivity index is 1.74. The Morgan fingerprint density at radius 2 is 1.78 bits per heavy atom. The monoisotopic (exact) mass is 397 g/mol. The molecule has 0 aliphatic heterocycles. The van der Waals surface area contributed by atoms with Crippen LogP contribution in [-0.2, 0) is 6.54 Å². The maximum atomic E-state index is 12.7. The van der Waals surface area contributed by atoms with Crippen LogP contribution in [0.3, 0.4) is 0 Å². The van der Waals surface area contributed by atoms with Crippen LogP contribution in [0.2, 0.25) is 10.0 Å². The summed E-state index contributed by atoms with van der Waals surface area (Å²) in [5.74, 6) is -0.316. The second-order valence-corrected chi connectivity index (χ2v) is 6.88. The van der Waals surface area contributed by atoms with E-state index in [1.807, 2.05) is 12.1 Å². The Labute approximate surface area is 164 Å². The van der Waals surface area contributed by atoms with Crippen molar-refractivity contribution >= 4 is 45.7 Å². The molecule has 2 aromatic carbocycles. The molecular formula is C20H13Cl2N3O2. The van der Waals surface area contributed by atoms with E-state index in [0.717, 1.165) is 5.56 Å². The van der Waals surface area contributed by atoms with Gasteiger partial charge >= 0.3 is 0 Å². The maximum absolute atomic E-state index is 12.7. The molecule has 1 amide bonds. The molecule has 134 valence electrons. The van der Waals surface area contributed by atoms with Crippen LogP contribution in [0.15, 0.2) is 65.6 Å². The third kappa shape index (κ3) is 3.39. The summed E-state index contributed by atoms with van der Waals surface area (Å²) in [4.78, 5) is 29.9. The molecule has 2 aromatic heterocycles. The van der Waals surface area contributed by atoms with Crippen molar-refractivity contribution in [2.45, 2.75) is 6.54 Å². The number of halogens is 2. The third-order valence-electron chi connectivity index (χ3n) is 4.21. The zero-order chi connectivity index (χ0) is 19.0. The molecule has 0 bridgehead atoms. The number of fused-ring (bicyclic) bond motifs is 2. The number of hydrogen-bond donors (Lipinski definition) is 1. The average molecular weight is 398 g/mol. The molecular weight excluding hydrogens is 385 g/mol. The van der Waals surface area contributed by atoms with Crippen molar-refractivity contribution in [3.8, 4) is 0 Å². The van der Waals surface area contributed by atoms with Crippen LogP contribution in [0.25, 0.3) is 16.6 Å². The van der Waals surface area contributed by atoms with Crippen molar-refractivity contribution in [1.29, 1.82) is 0 Å². The van der Waals surface area contributed by atoms with Gasteiger partial charge < -0.3 is 5.32 Å². The van der Waals surface area contributed by atoms with Gasteiger partial charge in [0.1, 0.15) is 0 Å². The summed E-state index contributed by atoms with van der Waals surface area (Å²) in [6.45, 7) is 0.338. The van der Waals surface area contributed by atoms with Gasteiger partial charge in [-0.25, -0.2) is 4.98 Å². The molecule has 0 aliphatic carbocycles. The van der Waals surface area contributed by atoms with Crippen LogP contribution < -0.4 is 10.9 Å². The van der Waals surface area contributed by atoms with Gasteiger partial charge in [-0.05, 0) is 48.0 Å². The molecule has 2 heterocycles. The second kappa shape index (κ2) is 7.02. The number of carbonyl (C=O) groups is 1. The second-order valence-electron chi connectivity index (χ2n) is 6.00. The zero-order valence-electron chi connectivity index (χ0n) is 13.9. The quantitative estimate of drug-likeness (QED) is 0.529. The Hall–Kier alpha value is -2.89. The number of pyridine rings is 1. The van der Waals surface area contributed by atoms with Gasteiger partial charge in [0, 0.05) is 22.8 Å². The molecule has 4 rings (SSSR count). The van der Waals surface area contributed by atoms with Crippen LogP contribution >= 0.6 is 23.2 Å². The van der Waals surface area contributed by atoms with E-state index in [0.29, 0.717) is 38.7 Å². The van der Waals surface area contributed by atoms with Crippen molar-refractivity contribution in [2.75, 3.05) is 0 Å². The Morgan fingerprint density at radius 1 is 1.04 bits per heavy atom. The highest BCUT2D eigenvalue weighted by Gasteiger charge is 2.14. The van der Waals surface area contributed by atoms with E-state index in [1.54, 1.807) is 48.7 Å². The maximum Gasteiger partial charge on any atom is 0.265 e. The summed E-state index contributed by atoms with van der Waals surface area (Å²) in [7, 11) is 0. The average Bonchev–Trinajstić information content (AvgIpc) is 2.68. The standard InChI is InChI=1S/C20H13Cl2N3O2/c21-13-5-3-12(4-6-13)11-23-19(26)15-2-1-9-25-18(15)24-17-8-7-14(22)10-16(17)20(25)27/h1-10H,11H2,(H,23,26). The van der Waals surface area contributed by atoms with Gasteiger partial charge in [-0.15, -0.1) is 0 Å². The van der Waals surface area contributed by atoms with E-state index in [-0.39, 0.29) is 11.5 Å². The van der Waals surface area contributed by atoms with Gasteiger partial charge in [-0.2, -0.15) is 0 Å². The Bertz CT molecular complexity index is 1230. The van der Waals surface area contributed by atoms with Crippen LogP contribution in [0.4, 0.5) is 0 Å². The van der Waals surface area contributed by atoms with Crippen LogP contribution in [-0.4, -0.2) is 15.3 Å². The number of benzene rings is 2. The van der Waals surface area contributed by atoms with Crippen molar-refractivity contribution in [3.05, 3.63) is 92.3 Å². The summed E-state index contributed by atoms with van der Waals surface area (Å²) in [5.41, 5.74) is 1.75. The molecule has 1 N–H and O–H groups in total. The Morgan fingerprint density at radius 3 is 2.56 bits per heavy atom. The highest BCUT2D eigenvalue weighted by Crippen LogP contribution is 2.17. The number of rotatable bonds is 3. The lowest BCUT2D eigenvalue weighted by molar-refractivity contribution is 0.0952. The molecule has 0 saturated carbocycles. The van der Waals surface area contributed by atoms with Gasteiger partial charge in [-0.3, -0.25) is 14.0 Å². The van der Waals surface area contributed by atoms with Crippen LogP contribution in [0.5, 0.6) is 0 Å². The Kier molecular flexibility index (Phi) is 4.56. The lowest BCUT2D eigenvalue weighted by Gasteiger charge is -2.09. The molecule has 7 heteroatoms. The first-order valence-electron chi connectivity index (χ1n) is 8.16. The first-order valence-corrected chi connectivity index (χ1v) is 8.92. The summed E-state index contributed by atoms with van der Waals surface area (Å²) < 4.78 is 1.36. The van der Waals surface area contributed by atoms with Gasteiger partial charge in [0.05, 0.1) is 16.5 Å². The molecule has 0 radical (unpaired) electrons. The number of nitrogens with zero attached hydrogens (tertiary/aromatic N) is 2. The van der Waals surface area contributed by atoms with E-state index < -0.39 is 0 Å². The highest BCUT2D eigenvalue weighted by atomic mass is 35.5. The first kappa shape index (κ1) is 17.5. The molecule has 0 fully saturated rings. The number of aromatic nitrogens is 2. The number of amides is 1. The molecule has 4 aromatic rings. The molecule has 0 aliphatic rings. The van der Waals surface area contributed by atoms with Gasteiger partial charge in [0.2, 0.25) is 0 Å². The topological polar surface area (TPSA) is 63.5 Å². The molecule has 0 atom stereocenters. The zero-order valence-corrected chi connectivity index (χ0v) is 15.5. The minimum atomic E-state index is -0.316. The number of nitrogens with one attached hydrogen (secondary N) is 1. The fourth-order valence-electron chi connectivity index (χ4n) is 2.86. The van der Waals surface area contributed by atoms with E-state index in [2.05, 4.69) is 10.3 Å². The summed E-state index contributed by atoms with van der Waals surface area (Å²) in [6.07, 6.45) is 1.58. The van der Waals surface area contributed by atoms with E-state index in [9.17, 15) is 9.59 Å². The fraction of sp³-hybridized carbons (Fsp3) is 0.0500. The minimum Gasteiger partial charge on any atom is -0.348 e. The molecule has 0 saturated heterocycles. The van der Waals surface area contributed by atoms with Gasteiger partial charge in [0.15, 0.2) is 5.65 Å². The predicted octanol–water partition coefficient (Wildman–Crippen LogP) is 4.08. The van der Waals surface area contributed by atoms with Crippen molar-refractivity contribution in [1.82, 2.24) is 14.7 Å². The third-order valence-corrected chi connectivity index (χ3v) is 4.70. The summed E-state index contributed by atoms with van der Waals surface area (Å²) in [5, 5.41) is 4.34. The van der Waals surface area contributed by atoms with Crippen molar-refractivity contribution < 1.29 is 4.79 Å². The first-order chi connectivity index (χ1) is 13.0. The van der Waals surface area contributed by atoms with Gasteiger partial charge in [0.25, 0.3) is 11.5 Å². The lowest BCUT2D eigenvalue weighted by atomic mass is 10.2. The normalized spacial score (nSPS) is 11.0. The van der Waals surface area contributed by atoms with E-state index in [4.69, 9.17) is 23.2 Å². The SMILES string of the molecule is O=C(NCc1ccc(Cl)cc1)c1cccn2c(=O)c3cc(Cl)ccc3nc12. The lowest BCUT2D eigenvalue weighted by Crippen LogP contribution is -2.25. The summed E-state index contributed by atoms with van der Waals surface area (Å²) in [6, 6.07) is 15.4. The largest absolute Gasteiger partial charge is 0.348 e. The van der Waals surface area contributed by atoms with E-state index >= 15 is 0 Å². The van der Waals surface area contributed by atoms with Crippen LogP contribution in [0.1, 0.15) is 15.9 Å². The summed E-state index contributed by atoms with van der Waals surface area (Å²) >= 11 is 11.9. The predicted molar refractivity (Wildman–Crippen MR) is 107 cm³/mol. The molecule has 0 unspecified atom stereocenters. The minimum absolute atomic E-state index is 0.273. The molecule has 5 nitrogen and oxygen atoms in total. The fourth-order valence-corrected chi connectivity index (χ4v) is 3.15. The van der Waals surface area contributed by atoms with Gasteiger partial charge in [-0.1, -0.05) is 35.3 Å². The van der Waals surface area contributed by atoms with E-state index in [1.165, 1.54) is 4.40 Å². The smallest absolute Gasteiger partial charge is 0.265 e. The van der Waals surface area contributed by atoms with Crippen molar-refractivity contribution in [3.63, 3.8) is 0 Å². The molecule has 27 heavy (non-hydrogen) atoms. The van der Waals surface area contributed by atoms with Crippen LogP contribution in [0, 0.1) is 0 Å². The number of hydrogen-bond acceptors (Lipinski definition) is 3. The number of carbonyl (C=O) groups excluding carboxylic acids is 1. The molecule has 0 spiro atoms. The van der Waals surface area contributed by atoms with Crippen molar-refractivity contribution in [2.24, 2.45) is 0 Å².